The molecule has 2 rings (SSSR count). The molecule has 1 unspecified atom stereocenters. The van der Waals surface area contributed by atoms with Crippen LogP contribution in [0.5, 0.6) is 0 Å². The lowest BCUT2D eigenvalue weighted by Crippen LogP contribution is -2.52. The quantitative estimate of drug-likeness (QED) is 0.819. The predicted molar refractivity (Wildman–Crippen MR) is 89.5 cm³/mol. The highest BCUT2D eigenvalue weighted by atomic mass is 32.1. The predicted octanol–water partition coefficient (Wildman–Crippen LogP) is 1.29. The maximum Gasteiger partial charge on any atom is 0.106 e. The summed E-state index contributed by atoms with van der Waals surface area (Å²) in [6, 6.07) is 6.66. The Labute approximate surface area is 126 Å². The molecule has 0 aliphatic carbocycles. The second-order valence-corrected chi connectivity index (χ2v) is 6.13. The fourth-order valence-corrected chi connectivity index (χ4v) is 2.75. The van der Waals surface area contributed by atoms with E-state index in [0.29, 0.717) is 11.0 Å². The van der Waals surface area contributed by atoms with Gasteiger partial charge in [-0.1, -0.05) is 18.3 Å². The molecule has 1 fully saturated rings. The van der Waals surface area contributed by atoms with Gasteiger partial charge in [0.05, 0.1) is 0 Å². The van der Waals surface area contributed by atoms with Gasteiger partial charge in [-0.25, -0.2) is 0 Å². The number of nitrogens with one attached hydrogen (secondary N) is 1. The summed E-state index contributed by atoms with van der Waals surface area (Å²) in [6.07, 6.45) is 0. The fourth-order valence-electron chi connectivity index (χ4n) is 2.57. The summed E-state index contributed by atoms with van der Waals surface area (Å²) in [7, 11) is 4.36. The van der Waals surface area contributed by atoms with Gasteiger partial charge in [-0.3, -0.25) is 4.90 Å². The van der Waals surface area contributed by atoms with Gasteiger partial charge in [0, 0.05) is 43.5 Å². The van der Waals surface area contributed by atoms with Crippen LogP contribution in [0.3, 0.4) is 0 Å². The lowest BCUT2D eigenvalue weighted by Gasteiger charge is -2.38. The van der Waals surface area contributed by atoms with Crippen molar-refractivity contribution in [3.63, 3.8) is 0 Å². The molecule has 0 amide bonds. The molecule has 1 saturated heterocycles. The molecule has 0 spiro atoms. The minimum Gasteiger partial charge on any atom is -0.389 e. The van der Waals surface area contributed by atoms with Crippen molar-refractivity contribution in [1.29, 1.82) is 0 Å². The third-order valence-electron chi connectivity index (χ3n) is 3.95. The zero-order valence-corrected chi connectivity index (χ0v) is 13.3. The fraction of sp³-hybridized carbons (Fsp3) is 0.533. The van der Waals surface area contributed by atoms with E-state index in [1.54, 1.807) is 0 Å². The third-order valence-corrected chi connectivity index (χ3v) is 4.17. The lowest BCUT2D eigenvalue weighted by atomic mass is 10.1. The molecule has 1 aliphatic rings. The van der Waals surface area contributed by atoms with E-state index in [-0.39, 0.29) is 0 Å². The van der Waals surface area contributed by atoms with Gasteiger partial charge in [0.25, 0.3) is 0 Å². The van der Waals surface area contributed by atoms with E-state index in [9.17, 15) is 0 Å². The van der Waals surface area contributed by atoms with Crippen molar-refractivity contribution in [3.8, 4) is 0 Å². The number of piperazine rings is 1. The van der Waals surface area contributed by atoms with Gasteiger partial charge in [-0.05, 0) is 38.7 Å². The molecule has 3 N–H and O–H groups in total. The number of rotatable bonds is 4. The summed E-state index contributed by atoms with van der Waals surface area (Å²) in [5, 5.41) is 3.52. The molecule has 1 heterocycles. The standard InChI is InChI=1S/C15H24N4S/c1-11-4-5-13(15(16)20)14(8-11)17-9-12-10-18(2)6-7-19(12)3/h4-5,8,12,17H,6-7,9-10H2,1-3H3,(H2,16,20). The molecular formula is C15H24N4S. The maximum absolute atomic E-state index is 5.80. The molecule has 110 valence electrons. The average molecular weight is 292 g/mol. The normalized spacial score (nSPS) is 20.9. The Bertz CT molecular complexity index is 489. The van der Waals surface area contributed by atoms with E-state index >= 15 is 0 Å². The Kier molecular flexibility index (Phi) is 4.96. The van der Waals surface area contributed by atoms with Gasteiger partial charge in [-0.15, -0.1) is 0 Å². The first kappa shape index (κ1) is 15.2. The summed E-state index contributed by atoms with van der Waals surface area (Å²) < 4.78 is 0. The van der Waals surface area contributed by atoms with Crippen molar-refractivity contribution in [2.24, 2.45) is 5.73 Å². The van der Waals surface area contributed by atoms with Crippen LogP contribution in [-0.2, 0) is 0 Å². The molecule has 0 bridgehead atoms. The van der Waals surface area contributed by atoms with E-state index in [4.69, 9.17) is 18.0 Å². The molecular weight excluding hydrogens is 268 g/mol. The Hall–Kier alpha value is -1.17. The number of nitrogens with zero attached hydrogens (tertiary/aromatic N) is 2. The van der Waals surface area contributed by atoms with E-state index in [0.717, 1.165) is 37.4 Å². The molecule has 1 aliphatic heterocycles. The number of thiocarbonyl (C=S) groups is 1. The van der Waals surface area contributed by atoms with E-state index in [2.05, 4.69) is 42.2 Å². The van der Waals surface area contributed by atoms with Crippen molar-refractivity contribution in [3.05, 3.63) is 29.3 Å². The monoisotopic (exact) mass is 292 g/mol. The maximum atomic E-state index is 5.80. The number of nitrogens with two attached hydrogens (primary N) is 1. The van der Waals surface area contributed by atoms with Gasteiger partial charge in [0.15, 0.2) is 0 Å². The van der Waals surface area contributed by atoms with E-state index in [1.807, 2.05) is 12.1 Å². The summed E-state index contributed by atoms with van der Waals surface area (Å²) in [5.41, 5.74) is 8.97. The number of likely N-dealkylation sites (N-methyl/N-ethyl adjacent to an activating group) is 2. The average Bonchev–Trinajstić information content (AvgIpc) is 2.39. The molecule has 4 nitrogen and oxygen atoms in total. The Morgan fingerprint density at radius 1 is 1.40 bits per heavy atom. The van der Waals surface area contributed by atoms with Crippen LogP contribution in [0.2, 0.25) is 0 Å². The van der Waals surface area contributed by atoms with Crippen molar-refractivity contribution >= 4 is 22.9 Å². The second kappa shape index (κ2) is 6.52. The minimum absolute atomic E-state index is 0.446. The first-order valence-electron chi connectivity index (χ1n) is 7.00. The van der Waals surface area contributed by atoms with Gasteiger partial charge >= 0.3 is 0 Å². The molecule has 0 saturated carbocycles. The van der Waals surface area contributed by atoms with Crippen LogP contribution in [0.1, 0.15) is 11.1 Å². The zero-order valence-electron chi connectivity index (χ0n) is 12.5. The van der Waals surface area contributed by atoms with Gasteiger partial charge in [0.2, 0.25) is 0 Å². The van der Waals surface area contributed by atoms with Crippen molar-refractivity contribution in [2.75, 3.05) is 45.6 Å². The summed E-state index contributed by atoms with van der Waals surface area (Å²) in [5.74, 6) is 0. The van der Waals surface area contributed by atoms with Crippen LogP contribution < -0.4 is 11.1 Å². The van der Waals surface area contributed by atoms with Crippen molar-refractivity contribution in [1.82, 2.24) is 9.80 Å². The zero-order chi connectivity index (χ0) is 14.7. The van der Waals surface area contributed by atoms with Crippen LogP contribution >= 0.6 is 12.2 Å². The lowest BCUT2D eigenvalue weighted by molar-refractivity contribution is 0.122. The molecule has 1 aromatic rings. The Morgan fingerprint density at radius 2 is 2.15 bits per heavy atom. The highest BCUT2D eigenvalue weighted by Gasteiger charge is 2.22. The molecule has 1 atom stereocenters. The summed E-state index contributed by atoms with van der Waals surface area (Å²) in [4.78, 5) is 5.22. The van der Waals surface area contributed by atoms with Crippen LogP contribution in [0.25, 0.3) is 0 Å². The number of benzene rings is 1. The Balaban J connectivity index is 2.06. The first-order chi connectivity index (χ1) is 9.47. The Morgan fingerprint density at radius 3 is 2.85 bits per heavy atom. The SMILES string of the molecule is Cc1ccc(C(N)=S)c(NCC2CN(C)CCN2C)c1. The smallest absolute Gasteiger partial charge is 0.106 e. The van der Waals surface area contributed by atoms with E-state index < -0.39 is 0 Å². The van der Waals surface area contributed by atoms with Crippen LogP contribution in [0.4, 0.5) is 5.69 Å². The van der Waals surface area contributed by atoms with E-state index in [1.165, 1.54) is 5.56 Å². The molecule has 0 aromatic heterocycles. The number of anilines is 1. The van der Waals surface area contributed by atoms with Gasteiger partial charge < -0.3 is 16.0 Å². The van der Waals surface area contributed by atoms with Crippen molar-refractivity contribution < 1.29 is 0 Å². The highest BCUT2D eigenvalue weighted by molar-refractivity contribution is 7.80. The van der Waals surface area contributed by atoms with Crippen LogP contribution in [-0.4, -0.2) is 61.1 Å². The van der Waals surface area contributed by atoms with Crippen molar-refractivity contribution in [2.45, 2.75) is 13.0 Å². The van der Waals surface area contributed by atoms with Gasteiger partial charge in [0.1, 0.15) is 4.99 Å². The number of hydrogen-bond donors (Lipinski definition) is 2. The van der Waals surface area contributed by atoms with Crippen LogP contribution in [0.15, 0.2) is 18.2 Å². The topological polar surface area (TPSA) is 44.5 Å². The number of hydrogen-bond acceptors (Lipinski definition) is 4. The molecule has 5 heteroatoms. The first-order valence-corrected chi connectivity index (χ1v) is 7.41. The number of aryl methyl sites for hydroxylation is 1. The third kappa shape index (κ3) is 3.69. The molecule has 1 aromatic carbocycles. The minimum atomic E-state index is 0.446. The summed E-state index contributed by atoms with van der Waals surface area (Å²) in [6.45, 7) is 6.31. The summed E-state index contributed by atoms with van der Waals surface area (Å²) >= 11 is 5.12. The molecule has 20 heavy (non-hydrogen) atoms. The van der Waals surface area contributed by atoms with Crippen LogP contribution in [0, 0.1) is 6.92 Å². The second-order valence-electron chi connectivity index (χ2n) is 5.69. The largest absolute Gasteiger partial charge is 0.389 e. The van der Waals surface area contributed by atoms with Gasteiger partial charge in [-0.2, -0.15) is 0 Å². The molecule has 0 radical (unpaired) electrons. The highest BCUT2D eigenvalue weighted by Crippen LogP contribution is 2.18.